The van der Waals surface area contributed by atoms with Gasteiger partial charge in [0.2, 0.25) is 16.6 Å². The van der Waals surface area contributed by atoms with Crippen LogP contribution in [0.4, 0.5) is 0 Å². The Hall–Kier alpha value is -0.526. The van der Waals surface area contributed by atoms with Crippen LogP contribution in [-0.2, 0) is 40.8 Å². The maximum absolute atomic E-state index is 12.5. The van der Waals surface area contributed by atoms with Crippen LogP contribution in [0.3, 0.4) is 0 Å². The van der Waals surface area contributed by atoms with Crippen molar-refractivity contribution in [3.8, 4) is 0 Å². The van der Waals surface area contributed by atoms with Crippen molar-refractivity contribution in [3.63, 3.8) is 0 Å². The van der Waals surface area contributed by atoms with Gasteiger partial charge < -0.3 is 7.74 Å². The summed E-state index contributed by atoms with van der Waals surface area (Å²) in [5.74, 6) is 0. The summed E-state index contributed by atoms with van der Waals surface area (Å²) in [6.07, 6.45) is 1.28. The second-order valence-electron chi connectivity index (χ2n) is 8.63. The average molecular weight is 437 g/mol. The maximum atomic E-state index is 12.5. The smallest absolute Gasteiger partial charge is 0.287 e. The van der Waals surface area contributed by atoms with E-state index in [0.29, 0.717) is 19.3 Å². The minimum Gasteiger partial charge on any atom is -0.315 e. The molecule has 1 aromatic rings. The van der Waals surface area contributed by atoms with Crippen molar-refractivity contribution in [1.29, 1.82) is 0 Å². The Morgan fingerprint density at radius 3 is 2.00 bits per heavy atom. The van der Waals surface area contributed by atoms with Crippen molar-refractivity contribution < 1.29 is 24.6 Å². The zero-order chi connectivity index (χ0) is 20.0. The first-order chi connectivity index (χ1) is 11.6. The molecular formula is C16H28O6S2Si2. The molecule has 0 spiro atoms. The highest BCUT2D eigenvalue weighted by atomic mass is 32.2. The van der Waals surface area contributed by atoms with Gasteiger partial charge in [-0.15, -0.1) is 0 Å². The van der Waals surface area contributed by atoms with E-state index in [-0.39, 0.29) is 4.90 Å². The first kappa shape index (κ1) is 21.8. The van der Waals surface area contributed by atoms with Crippen LogP contribution < -0.4 is 0 Å². The lowest BCUT2D eigenvalue weighted by Gasteiger charge is -2.27. The average Bonchev–Trinajstić information content (AvgIpc) is 2.41. The summed E-state index contributed by atoms with van der Waals surface area (Å²) < 4.78 is 60.6. The molecule has 1 aliphatic rings. The molecule has 0 fully saturated rings. The Morgan fingerprint density at radius 1 is 0.885 bits per heavy atom. The monoisotopic (exact) mass is 436 g/mol. The molecule has 0 N–H and O–H groups in total. The van der Waals surface area contributed by atoms with Gasteiger partial charge in [0.25, 0.3) is 20.2 Å². The normalized spacial score (nSPS) is 19.2. The molecule has 26 heavy (non-hydrogen) atoms. The molecule has 1 aromatic carbocycles. The SMILES string of the molecule is C[Si](C)(C)OS(=O)(=O)c1ccc2c(c1)CCC(S(=O)(=O)O[Si](C)(C)C)C2. The van der Waals surface area contributed by atoms with E-state index in [0.717, 1.165) is 11.1 Å². The molecule has 0 saturated heterocycles. The highest BCUT2D eigenvalue weighted by Crippen LogP contribution is 2.30. The van der Waals surface area contributed by atoms with E-state index in [1.54, 1.807) is 12.1 Å². The number of aryl methyl sites for hydroxylation is 1. The summed E-state index contributed by atoms with van der Waals surface area (Å²) in [7, 11) is -11.9. The molecule has 1 atom stereocenters. The molecule has 0 aliphatic heterocycles. The van der Waals surface area contributed by atoms with Crippen LogP contribution >= 0.6 is 0 Å². The van der Waals surface area contributed by atoms with Crippen LogP contribution in [-0.4, -0.2) is 38.7 Å². The molecule has 10 heteroatoms. The Bertz CT molecular complexity index is 880. The highest BCUT2D eigenvalue weighted by molar-refractivity contribution is 7.88. The molecule has 1 unspecified atom stereocenters. The minimum atomic E-state index is -3.79. The van der Waals surface area contributed by atoms with Gasteiger partial charge in [-0.05, 0) is 81.8 Å². The molecule has 148 valence electrons. The van der Waals surface area contributed by atoms with Gasteiger partial charge in [-0.3, -0.25) is 0 Å². The van der Waals surface area contributed by atoms with Gasteiger partial charge in [0, 0.05) is 0 Å². The summed E-state index contributed by atoms with van der Waals surface area (Å²) >= 11 is 0. The third-order valence-electron chi connectivity index (χ3n) is 3.78. The van der Waals surface area contributed by atoms with E-state index < -0.39 is 42.1 Å². The summed E-state index contributed by atoms with van der Waals surface area (Å²) in [5, 5.41) is -0.581. The van der Waals surface area contributed by atoms with Crippen molar-refractivity contribution in [2.45, 2.75) is 68.7 Å². The number of benzene rings is 1. The fourth-order valence-corrected chi connectivity index (χ4v) is 10.6. The molecule has 0 aromatic heterocycles. The fourth-order valence-electron chi connectivity index (χ4n) is 2.89. The number of hydrogen-bond acceptors (Lipinski definition) is 6. The van der Waals surface area contributed by atoms with Crippen LogP contribution in [0.1, 0.15) is 17.5 Å². The maximum Gasteiger partial charge on any atom is 0.287 e. The predicted molar refractivity (Wildman–Crippen MR) is 107 cm³/mol. The molecule has 1 aliphatic carbocycles. The summed E-state index contributed by atoms with van der Waals surface area (Å²) in [6, 6.07) is 4.82. The van der Waals surface area contributed by atoms with Crippen molar-refractivity contribution >= 4 is 36.9 Å². The number of fused-ring (bicyclic) bond motifs is 1. The van der Waals surface area contributed by atoms with E-state index in [1.807, 2.05) is 39.3 Å². The van der Waals surface area contributed by atoms with Gasteiger partial charge in [-0.25, -0.2) is 8.42 Å². The standard InChI is InChI=1S/C16H28O6S2Si2/c1-25(2,3)21-23(17,18)15-9-7-14-12-16(10-8-13(14)11-15)24(19,20)22-26(4,5)6/h7,9,11,16H,8,10,12H2,1-6H3. The lowest BCUT2D eigenvalue weighted by molar-refractivity contribution is 0.459. The van der Waals surface area contributed by atoms with Gasteiger partial charge in [0.05, 0.1) is 10.1 Å². The quantitative estimate of drug-likeness (QED) is 0.636. The van der Waals surface area contributed by atoms with Gasteiger partial charge in [-0.1, -0.05) is 6.07 Å². The fraction of sp³-hybridized carbons (Fsp3) is 0.625. The van der Waals surface area contributed by atoms with Gasteiger partial charge in [0.15, 0.2) is 0 Å². The second-order valence-corrected chi connectivity index (χ2v) is 21.4. The second kappa shape index (κ2) is 7.14. The third-order valence-corrected chi connectivity index (χ3v) is 11.6. The predicted octanol–water partition coefficient (Wildman–Crippen LogP) is 3.27. The number of hydrogen-bond donors (Lipinski definition) is 0. The zero-order valence-corrected chi connectivity index (χ0v) is 19.8. The Kier molecular flexibility index (Phi) is 5.97. The van der Waals surface area contributed by atoms with Crippen LogP contribution in [0.25, 0.3) is 0 Å². The molecular weight excluding hydrogens is 408 g/mol. The molecule has 0 amide bonds. The molecule has 6 nitrogen and oxygen atoms in total. The highest BCUT2D eigenvalue weighted by Gasteiger charge is 2.35. The summed E-state index contributed by atoms with van der Waals surface area (Å²) in [4.78, 5) is 0.137. The molecule has 0 heterocycles. The Balaban J connectivity index is 2.25. The largest absolute Gasteiger partial charge is 0.315 e. The van der Waals surface area contributed by atoms with Gasteiger partial charge >= 0.3 is 0 Å². The topological polar surface area (TPSA) is 86.7 Å². The van der Waals surface area contributed by atoms with Crippen LogP contribution in [0, 0.1) is 0 Å². The van der Waals surface area contributed by atoms with E-state index in [9.17, 15) is 16.8 Å². The lowest BCUT2D eigenvalue weighted by atomic mass is 9.91. The van der Waals surface area contributed by atoms with E-state index >= 15 is 0 Å². The lowest BCUT2D eigenvalue weighted by Crippen LogP contribution is -2.37. The van der Waals surface area contributed by atoms with E-state index in [4.69, 9.17) is 7.74 Å². The summed E-state index contributed by atoms with van der Waals surface area (Å²) in [5.41, 5.74) is 1.72. The van der Waals surface area contributed by atoms with E-state index in [2.05, 4.69) is 0 Å². The van der Waals surface area contributed by atoms with Crippen molar-refractivity contribution in [3.05, 3.63) is 29.3 Å². The Labute approximate surface area is 159 Å². The first-order valence-corrected chi connectivity index (χ1v) is 18.3. The van der Waals surface area contributed by atoms with Crippen molar-refractivity contribution in [2.24, 2.45) is 0 Å². The van der Waals surface area contributed by atoms with Crippen molar-refractivity contribution in [1.82, 2.24) is 0 Å². The number of rotatable bonds is 6. The van der Waals surface area contributed by atoms with Crippen LogP contribution in [0.15, 0.2) is 23.1 Å². The van der Waals surface area contributed by atoms with E-state index in [1.165, 1.54) is 6.07 Å². The van der Waals surface area contributed by atoms with Crippen LogP contribution in [0.2, 0.25) is 39.3 Å². The molecule has 0 bridgehead atoms. The van der Waals surface area contributed by atoms with Crippen LogP contribution in [0.5, 0.6) is 0 Å². The van der Waals surface area contributed by atoms with Gasteiger partial charge in [-0.2, -0.15) is 8.42 Å². The molecule has 0 saturated carbocycles. The summed E-state index contributed by atoms with van der Waals surface area (Å²) in [6.45, 7) is 11.0. The zero-order valence-electron chi connectivity index (χ0n) is 16.2. The van der Waals surface area contributed by atoms with Gasteiger partial charge in [0.1, 0.15) is 0 Å². The molecule has 2 rings (SSSR count). The first-order valence-electron chi connectivity index (χ1n) is 8.61. The van der Waals surface area contributed by atoms with Crippen molar-refractivity contribution in [2.75, 3.05) is 0 Å². The third kappa shape index (κ3) is 5.73. The minimum absolute atomic E-state index is 0.137. The molecule has 0 radical (unpaired) electrons. The Morgan fingerprint density at radius 2 is 1.46 bits per heavy atom.